The van der Waals surface area contributed by atoms with Crippen molar-refractivity contribution < 1.29 is 14.9 Å². The molecule has 0 amide bonds. The molecule has 20 heavy (non-hydrogen) atoms. The maximum absolute atomic E-state index is 11.8. The van der Waals surface area contributed by atoms with Gasteiger partial charge >= 0.3 is 5.69 Å². The van der Waals surface area contributed by atoms with Crippen LogP contribution in [0.5, 0.6) is 0 Å². The summed E-state index contributed by atoms with van der Waals surface area (Å²) < 4.78 is 6.49. The molecule has 2 rings (SSSR count). The second kappa shape index (κ2) is 5.07. The number of aliphatic hydroxyl groups is 2. The molecule has 2 unspecified atom stereocenters. The number of anilines is 1. The van der Waals surface area contributed by atoms with Crippen LogP contribution in [0.4, 0.5) is 5.82 Å². The van der Waals surface area contributed by atoms with Crippen molar-refractivity contribution in [3.63, 3.8) is 0 Å². The van der Waals surface area contributed by atoms with Crippen LogP contribution in [-0.4, -0.2) is 43.0 Å². The first-order valence-electron chi connectivity index (χ1n) is 5.84. The minimum absolute atomic E-state index is 0.0396. The van der Waals surface area contributed by atoms with Crippen molar-refractivity contribution in [3.05, 3.63) is 22.7 Å². The van der Waals surface area contributed by atoms with E-state index in [9.17, 15) is 15.0 Å². The predicted octanol–water partition coefficient (Wildman–Crippen LogP) is -0.925. The summed E-state index contributed by atoms with van der Waals surface area (Å²) in [5.74, 6) is 2.27. The van der Waals surface area contributed by atoms with Gasteiger partial charge in [0, 0.05) is 6.20 Å². The van der Waals surface area contributed by atoms with Crippen molar-refractivity contribution in [2.24, 2.45) is 0 Å². The van der Waals surface area contributed by atoms with Gasteiger partial charge in [-0.1, -0.05) is 17.5 Å². The number of aromatic nitrogens is 2. The molecule has 2 heterocycles. The van der Waals surface area contributed by atoms with Gasteiger partial charge in [0.15, 0.2) is 11.1 Å². The number of hydrogen-bond acceptors (Lipinski definition) is 6. The lowest BCUT2D eigenvalue weighted by Gasteiger charge is -2.25. The molecule has 4 N–H and O–H groups in total. The maximum Gasteiger partial charge on any atom is 0.351 e. The van der Waals surface area contributed by atoms with Crippen molar-refractivity contribution in [3.8, 4) is 12.3 Å². The zero-order valence-corrected chi connectivity index (χ0v) is 11.4. The number of ether oxygens (including phenoxy) is 1. The van der Waals surface area contributed by atoms with Gasteiger partial charge in [-0.3, -0.25) is 4.57 Å². The first-order valence-corrected chi connectivity index (χ1v) is 6.22. The first-order chi connectivity index (χ1) is 9.31. The standard InChI is InChI=1S/C12H14ClN3O4/c1-3-12(13)9(18)8(6(2)17)20-10(12)16-5-4-7(14)15-11(16)19/h1,4-6,8-10,17-18H,2H3,(H2,14,15,19)/t6-,8-,9?,10-,12?/m1/s1. The third kappa shape index (κ3) is 2.17. The fourth-order valence-corrected chi connectivity index (χ4v) is 2.39. The summed E-state index contributed by atoms with van der Waals surface area (Å²) in [5.41, 5.74) is 4.69. The fraction of sp³-hybridized carbons (Fsp3) is 0.500. The molecule has 1 aliphatic rings. The van der Waals surface area contributed by atoms with Gasteiger partial charge in [0.2, 0.25) is 0 Å². The Balaban J connectivity index is 2.50. The highest BCUT2D eigenvalue weighted by Crippen LogP contribution is 2.43. The second-order valence-corrected chi connectivity index (χ2v) is 5.22. The van der Waals surface area contributed by atoms with Gasteiger partial charge in [0.05, 0.1) is 6.10 Å². The Hall–Kier alpha value is -1.59. The van der Waals surface area contributed by atoms with Crippen molar-refractivity contribution >= 4 is 17.4 Å². The van der Waals surface area contributed by atoms with Crippen LogP contribution in [0.15, 0.2) is 17.1 Å². The van der Waals surface area contributed by atoms with E-state index in [2.05, 4.69) is 10.9 Å². The molecule has 0 spiro atoms. The number of terminal acetylenes is 1. The summed E-state index contributed by atoms with van der Waals surface area (Å²) in [6.07, 6.45) is 2.15. The Morgan fingerprint density at radius 1 is 1.75 bits per heavy atom. The molecule has 1 fully saturated rings. The zero-order chi connectivity index (χ0) is 15.1. The molecular weight excluding hydrogens is 286 g/mol. The molecule has 5 atom stereocenters. The van der Waals surface area contributed by atoms with Crippen molar-refractivity contribution in [2.75, 3.05) is 5.73 Å². The maximum atomic E-state index is 11.8. The van der Waals surface area contributed by atoms with Gasteiger partial charge in [-0.05, 0) is 13.0 Å². The molecule has 1 aliphatic heterocycles. The van der Waals surface area contributed by atoms with Crippen molar-refractivity contribution in [1.82, 2.24) is 9.55 Å². The largest absolute Gasteiger partial charge is 0.391 e. The van der Waals surface area contributed by atoms with E-state index in [1.54, 1.807) is 0 Å². The van der Waals surface area contributed by atoms with Gasteiger partial charge in [0.1, 0.15) is 18.0 Å². The van der Waals surface area contributed by atoms with E-state index in [0.29, 0.717) is 0 Å². The molecule has 1 aromatic rings. The molecule has 0 aliphatic carbocycles. The molecule has 0 radical (unpaired) electrons. The SMILES string of the molecule is C#CC1(Cl)C(O)[C@@H]([C@@H](C)O)O[C@H]1n1ccc(N)nc1=O. The third-order valence-corrected chi connectivity index (χ3v) is 3.71. The number of nitrogens with zero attached hydrogens (tertiary/aromatic N) is 2. The smallest absolute Gasteiger partial charge is 0.351 e. The van der Waals surface area contributed by atoms with E-state index < -0.39 is 35.1 Å². The summed E-state index contributed by atoms with van der Waals surface area (Å²) >= 11 is 6.22. The summed E-state index contributed by atoms with van der Waals surface area (Å²) in [5, 5.41) is 19.7. The Kier molecular flexibility index (Phi) is 3.75. The van der Waals surface area contributed by atoms with E-state index in [-0.39, 0.29) is 5.82 Å². The van der Waals surface area contributed by atoms with E-state index in [1.807, 2.05) is 0 Å². The van der Waals surface area contributed by atoms with E-state index in [1.165, 1.54) is 19.2 Å². The van der Waals surface area contributed by atoms with Crippen LogP contribution in [0.25, 0.3) is 0 Å². The molecule has 0 saturated carbocycles. The quantitative estimate of drug-likeness (QED) is 0.481. The fourth-order valence-electron chi connectivity index (χ4n) is 2.11. The van der Waals surface area contributed by atoms with Gasteiger partial charge < -0.3 is 20.7 Å². The molecule has 1 saturated heterocycles. The van der Waals surface area contributed by atoms with Crippen LogP contribution < -0.4 is 11.4 Å². The molecule has 8 heteroatoms. The van der Waals surface area contributed by atoms with E-state index in [4.69, 9.17) is 28.5 Å². The number of nitrogens with two attached hydrogens (primary N) is 1. The Morgan fingerprint density at radius 3 is 2.90 bits per heavy atom. The average molecular weight is 300 g/mol. The minimum Gasteiger partial charge on any atom is -0.391 e. The highest BCUT2D eigenvalue weighted by atomic mass is 35.5. The van der Waals surface area contributed by atoms with Gasteiger partial charge in [0.25, 0.3) is 0 Å². The molecule has 0 aromatic carbocycles. The number of alkyl halides is 1. The number of halogens is 1. The Bertz CT molecular complexity index is 611. The van der Waals surface area contributed by atoms with Crippen LogP contribution in [0.1, 0.15) is 13.2 Å². The third-order valence-electron chi connectivity index (χ3n) is 3.19. The summed E-state index contributed by atoms with van der Waals surface area (Å²) in [7, 11) is 0. The average Bonchev–Trinajstić information content (AvgIpc) is 2.64. The molecular formula is C12H14ClN3O4. The highest BCUT2D eigenvalue weighted by Gasteiger charge is 2.57. The lowest BCUT2D eigenvalue weighted by atomic mass is 9.97. The lowest BCUT2D eigenvalue weighted by Crippen LogP contribution is -2.44. The summed E-state index contributed by atoms with van der Waals surface area (Å²) in [6.45, 7) is 1.42. The minimum atomic E-state index is -1.69. The lowest BCUT2D eigenvalue weighted by molar-refractivity contribution is -0.0773. The van der Waals surface area contributed by atoms with Crippen LogP contribution >= 0.6 is 11.6 Å². The second-order valence-electron chi connectivity index (χ2n) is 4.59. The number of rotatable bonds is 2. The van der Waals surface area contributed by atoms with Crippen LogP contribution in [-0.2, 0) is 4.74 Å². The summed E-state index contributed by atoms with van der Waals surface area (Å²) in [6, 6.07) is 1.38. The van der Waals surface area contributed by atoms with Crippen molar-refractivity contribution in [2.45, 2.75) is 36.3 Å². The molecule has 1 aromatic heterocycles. The van der Waals surface area contributed by atoms with E-state index in [0.717, 1.165) is 4.57 Å². The van der Waals surface area contributed by atoms with Gasteiger partial charge in [-0.2, -0.15) is 4.98 Å². The Morgan fingerprint density at radius 2 is 2.40 bits per heavy atom. The molecule has 7 nitrogen and oxygen atoms in total. The number of aliphatic hydroxyl groups excluding tert-OH is 2. The summed E-state index contributed by atoms with van der Waals surface area (Å²) in [4.78, 5) is 13.7. The number of nitrogen functional groups attached to an aromatic ring is 1. The normalized spacial score (nSPS) is 34.6. The molecule has 108 valence electrons. The van der Waals surface area contributed by atoms with Crippen LogP contribution in [0.3, 0.4) is 0 Å². The predicted molar refractivity (Wildman–Crippen MR) is 71.9 cm³/mol. The van der Waals surface area contributed by atoms with Crippen LogP contribution in [0.2, 0.25) is 0 Å². The Labute approximate surface area is 120 Å². The van der Waals surface area contributed by atoms with Crippen molar-refractivity contribution in [1.29, 1.82) is 0 Å². The first kappa shape index (κ1) is 14.8. The van der Waals surface area contributed by atoms with Crippen LogP contribution in [0, 0.1) is 12.3 Å². The molecule has 0 bridgehead atoms. The highest BCUT2D eigenvalue weighted by molar-refractivity contribution is 6.27. The monoisotopic (exact) mass is 299 g/mol. The van der Waals surface area contributed by atoms with E-state index >= 15 is 0 Å². The topological polar surface area (TPSA) is 111 Å². The zero-order valence-electron chi connectivity index (χ0n) is 10.6. The van der Waals surface area contributed by atoms with Gasteiger partial charge in [-0.15, -0.1) is 6.42 Å². The number of hydrogen-bond donors (Lipinski definition) is 3. The van der Waals surface area contributed by atoms with Gasteiger partial charge in [-0.25, -0.2) is 4.79 Å².